The van der Waals surface area contributed by atoms with Crippen molar-refractivity contribution in [1.82, 2.24) is 10.2 Å². The molecule has 1 atom stereocenters. The Kier molecular flexibility index (Phi) is 10.6. The summed E-state index contributed by atoms with van der Waals surface area (Å²) in [6.45, 7) is 9.36. The number of aryl methyl sites for hydroxylation is 1. The van der Waals surface area contributed by atoms with E-state index in [9.17, 15) is 9.59 Å². The van der Waals surface area contributed by atoms with E-state index in [-0.39, 0.29) is 11.8 Å². The number of carbonyl (C=O) groups is 2. The number of hydrogen-bond donors (Lipinski definition) is 1. The maximum atomic E-state index is 13.2. The summed E-state index contributed by atoms with van der Waals surface area (Å²) in [4.78, 5) is 29.0. The molecule has 0 aliphatic heterocycles. The molecule has 0 saturated carbocycles. The molecule has 2 rings (SSSR count). The molecule has 31 heavy (non-hydrogen) atoms. The molecule has 5 heteroatoms. The summed E-state index contributed by atoms with van der Waals surface area (Å²) in [5.74, 6) is 1.07. The Morgan fingerprint density at radius 2 is 1.71 bits per heavy atom. The molecule has 2 amide bonds. The highest BCUT2D eigenvalue weighted by molar-refractivity contribution is 7.99. The fourth-order valence-corrected chi connectivity index (χ4v) is 4.19. The summed E-state index contributed by atoms with van der Waals surface area (Å²) >= 11 is 1.68. The van der Waals surface area contributed by atoms with Crippen LogP contribution in [0.15, 0.2) is 59.5 Å². The van der Waals surface area contributed by atoms with Crippen molar-refractivity contribution < 1.29 is 9.59 Å². The second kappa shape index (κ2) is 13.2. The largest absolute Gasteiger partial charge is 0.354 e. The molecule has 0 spiro atoms. The predicted octanol–water partition coefficient (Wildman–Crippen LogP) is 5.10. The Bertz CT molecular complexity index is 806. The number of hydrogen-bond acceptors (Lipinski definition) is 3. The van der Waals surface area contributed by atoms with E-state index >= 15 is 0 Å². The standard InChI is InChI=1S/C26H36N2O2S/c1-5-24(26(30)27-19-20(2)3)28(17-15-22-9-7-6-8-10-22)25(29)16-18-31-23-13-11-21(4)12-14-23/h6-14,20,24H,5,15-19H2,1-4H3,(H,27,30)/t24-/m1/s1. The fraction of sp³-hybridized carbons (Fsp3) is 0.462. The number of carbonyl (C=O) groups excluding carboxylic acids is 2. The lowest BCUT2D eigenvalue weighted by Gasteiger charge is -2.31. The average Bonchev–Trinajstić information content (AvgIpc) is 2.77. The number of nitrogens with one attached hydrogen (secondary N) is 1. The van der Waals surface area contributed by atoms with Gasteiger partial charge in [0.2, 0.25) is 11.8 Å². The van der Waals surface area contributed by atoms with Crippen molar-refractivity contribution in [2.24, 2.45) is 5.92 Å². The Morgan fingerprint density at radius 3 is 2.32 bits per heavy atom. The lowest BCUT2D eigenvalue weighted by Crippen LogP contribution is -2.50. The Labute approximate surface area is 191 Å². The van der Waals surface area contributed by atoms with E-state index < -0.39 is 6.04 Å². The van der Waals surface area contributed by atoms with Crippen LogP contribution < -0.4 is 5.32 Å². The number of nitrogens with zero attached hydrogens (tertiary/aromatic N) is 1. The van der Waals surface area contributed by atoms with Gasteiger partial charge in [-0.1, -0.05) is 68.8 Å². The van der Waals surface area contributed by atoms with Gasteiger partial charge in [-0.05, 0) is 43.4 Å². The molecule has 0 saturated heterocycles. The van der Waals surface area contributed by atoms with Gasteiger partial charge in [0.25, 0.3) is 0 Å². The maximum absolute atomic E-state index is 13.2. The minimum absolute atomic E-state index is 0.0436. The highest BCUT2D eigenvalue weighted by Crippen LogP contribution is 2.20. The van der Waals surface area contributed by atoms with Gasteiger partial charge in [-0.2, -0.15) is 0 Å². The molecule has 2 aromatic carbocycles. The van der Waals surface area contributed by atoms with Gasteiger partial charge in [-0.3, -0.25) is 9.59 Å². The van der Waals surface area contributed by atoms with Crippen molar-refractivity contribution in [3.05, 3.63) is 65.7 Å². The minimum Gasteiger partial charge on any atom is -0.354 e. The first-order valence-corrected chi connectivity index (χ1v) is 12.2. The van der Waals surface area contributed by atoms with Crippen LogP contribution >= 0.6 is 11.8 Å². The van der Waals surface area contributed by atoms with Gasteiger partial charge < -0.3 is 10.2 Å². The molecule has 0 aromatic heterocycles. The van der Waals surface area contributed by atoms with Gasteiger partial charge in [0.1, 0.15) is 6.04 Å². The molecule has 168 valence electrons. The van der Waals surface area contributed by atoms with Gasteiger partial charge in [0, 0.05) is 30.2 Å². The maximum Gasteiger partial charge on any atom is 0.242 e. The monoisotopic (exact) mass is 440 g/mol. The summed E-state index contributed by atoms with van der Waals surface area (Å²) in [5.41, 5.74) is 2.40. The van der Waals surface area contributed by atoms with E-state index in [0.717, 1.165) is 11.3 Å². The number of rotatable bonds is 12. The molecular weight excluding hydrogens is 404 g/mol. The third-order valence-electron chi connectivity index (χ3n) is 5.16. The molecule has 0 aliphatic carbocycles. The normalized spacial score (nSPS) is 11.9. The van der Waals surface area contributed by atoms with E-state index in [1.165, 1.54) is 11.1 Å². The molecule has 1 N–H and O–H groups in total. The van der Waals surface area contributed by atoms with Gasteiger partial charge >= 0.3 is 0 Å². The Hall–Kier alpha value is -2.27. The molecule has 0 heterocycles. The lowest BCUT2D eigenvalue weighted by atomic mass is 10.1. The zero-order valence-corrected chi connectivity index (χ0v) is 20.1. The van der Waals surface area contributed by atoms with Crippen LogP contribution in [0.2, 0.25) is 0 Å². The summed E-state index contributed by atoms with van der Waals surface area (Å²) in [6.07, 6.45) is 1.77. The van der Waals surface area contributed by atoms with E-state index in [2.05, 4.69) is 62.5 Å². The zero-order valence-electron chi connectivity index (χ0n) is 19.3. The van der Waals surface area contributed by atoms with Crippen molar-refractivity contribution in [2.45, 2.75) is 57.9 Å². The van der Waals surface area contributed by atoms with E-state index in [1.807, 2.05) is 25.1 Å². The summed E-state index contributed by atoms with van der Waals surface area (Å²) < 4.78 is 0. The molecular formula is C26H36N2O2S. The molecule has 0 unspecified atom stereocenters. The summed E-state index contributed by atoms with van der Waals surface area (Å²) in [6, 6.07) is 18.1. The first kappa shape index (κ1) is 25.0. The van der Waals surface area contributed by atoms with Gasteiger partial charge in [0.05, 0.1) is 0 Å². The lowest BCUT2D eigenvalue weighted by molar-refractivity contribution is -0.140. The Morgan fingerprint density at radius 1 is 1.03 bits per heavy atom. The van der Waals surface area contributed by atoms with E-state index in [4.69, 9.17) is 0 Å². The zero-order chi connectivity index (χ0) is 22.6. The SMILES string of the molecule is CC[C@H](C(=O)NCC(C)C)N(CCc1ccccc1)C(=O)CCSc1ccc(C)cc1. The van der Waals surface area contributed by atoms with Crippen LogP contribution in [0.1, 0.15) is 44.7 Å². The second-order valence-corrected chi connectivity index (χ2v) is 9.47. The highest BCUT2D eigenvalue weighted by atomic mass is 32.2. The molecule has 0 fully saturated rings. The van der Waals surface area contributed by atoms with Crippen molar-refractivity contribution >= 4 is 23.6 Å². The number of thioether (sulfide) groups is 1. The van der Waals surface area contributed by atoms with Gasteiger partial charge in [-0.25, -0.2) is 0 Å². The van der Waals surface area contributed by atoms with Crippen molar-refractivity contribution in [1.29, 1.82) is 0 Å². The second-order valence-electron chi connectivity index (χ2n) is 8.30. The summed E-state index contributed by atoms with van der Waals surface area (Å²) in [7, 11) is 0. The van der Waals surface area contributed by atoms with Crippen LogP contribution in [-0.4, -0.2) is 41.6 Å². The molecule has 0 radical (unpaired) electrons. The van der Waals surface area contributed by atoms with Gasteiger partial charge in [0.15, 0.2) is 0 Å². The van der Waals surface area contributed by atoms with Crippen LogP contribution in [0.4, 0.5) is 0 Å². The number of benzene rings is 2. The Balaban J connectivity index is 2.03. The van der Waals surface area contributed by atoms with Crippen LogP contribution in [0.3, 0.4) is 0 Å². The minimum atomic E-state index is -0.431. The van der Waals surface area contributed by atoms with E-state index in [1.54, 1.807) is 16.7 Å². The van der Waals surface area contributed by atoms with Crippen LogP contribution in [-0.2, 0) is 16.0 Å². The van der Waals surface area contributed by atoms with Crippen LogP contribution in [0.5, 0.6) is 0 Å². The topological polar surface area (TPSA) is 49.4 Å². The van der Waals surface area contributed by atoms with Gasteiger partial charge in [-0.15, -0.1) is 11.8 Å². The van der Waals surface area contributed by atoms with Crippen LogP contribution in [0.25, 0.3) is 0 Å². The molecule has 0 bridgehead atoms. The molecule has 0 aliphatic rings. The first-order valence-electron chi connectivity index (χ1n) is 11.2. The fourth-order valence-electron chi connectivity index (χ4n) is 3.35. The summed E-state index contributed by atoms with van der Waals surface area (Å²) in [5, 5.41) is 3.02. The smallest absolute Gasteiger partial charge is 0.242 e. The highest BCUT2D eigenvalue weighted by Gasteiger charge is 2.27. The predicted molar refractivity (Wildman–Crippen MR) is 130 cm³/mol. The van der Waals surface area contributed by atoms with E-state index in [0.29, 0.717) is 37.6 Å². The van der Waals surface area contributed by atoms with Crippen molar-refractivity contribution in [3.63, 3.8) is 0 Å². The quantitative estimate of drug-likeness (QED) is 0.467. The first-order chi connectivity index (χ1) is 14.9. The van der Waals surface area contributed by atoms with Crippen LogP contribution in [0, 0.1) is 12.8 Å². The molecule has 4 nitrogen and oxygen atoms in total. The van der Waals surface area contributed by atoms with Crippen molar-refractivity contribution in [2.75, 3.05) is 18.8 Å². The van der Waals surface area contributed by atoms with Crippen molar-refractivity contribution in [3.8, 4) is 0 Å². The third-order valence-corrected chi connectivity index (χ3v) is 6.17. The third kappa shape index (κ3) is 8.78. The molecule has 2 aromatic rings. The number of amides is 2. The average molecular weight is 441 g/mol.